The summed E-state index contributed by atoms with van der Waals surface area (Å²) >= 11 is 0. The number of hydrogen-bond donors (Lipinski definition) is 2. The fourth-order valence-corrected chi connectivity index (χ4v) is 1.79. The van der Waals surface area contributed by atoms with Crippen molar-refractivity contribution in [3.63, 3.8) is 0 Å². The molecule has 1 amide bonds. The van der Waals surface area contributed by atoms with E-state index in [2.05, 4.69) is 27.6 Å². The second kappa shape index (κ2) is 9.47. The molecule has 2 N–H and O–H groups in total. The Balaban J connectivity index is 2.09. The van der Waals surface area contributed by atoms with Crippen molar-refractivity contribution in [2.24, 2.45) is 0 Å². The third-order valence-corrected chi connectivity index (χ3v) is 2.91. The van der Waals surface area contributed by atoms with E-state index in [1.54, 1.807) is 24.5 Å². The van der Waals surface area contributed by atoms with Crippen molar-refractivity contribution in [3.05, 3.63) is 30.1 Å². The summed E-state index contributed by atoms with van der Waals surface area (Å²) in [6.07, 6.45) is 5.37. The average molecular weight is 264 g/mol. The van der Waals surface area contributed by atoms with Crippen molar-refractivity contribution >= 4 is 5.91 Å². The van der Waals surface area contributed by atoms with E-state index >= 15 is 0 Å². The van der Waals surface area contributed by atoms with Gasteiger partial charge in [0.15, 0.2) is 0 Å². The van der Waals surface area contributed by atoms with Crippen LogP contribution in [0.2, 0.25) is 0 Å². The third kappa shape index (κ3) is 6.88. The molecule has 0 saturated heterocycles. The molecule has 1 aromatic heterocycles. The van der Waals surface area contributed by atoms with Gasteiger partial charge >= 0.3 is 0 Å². The molecule has 0 bridgehead atoms. The molecule has 0 spiro atoms. The average Bonchev–Trinajstić information content (AvgIpc) is 2.44. The smallest absolute Gasteiger partial charge is 0.251 e. The van der Waals surface area contributed by atoms with Crippen LogP contribution in [-0.4, -0.2) is 56.1 Å². The fraction of sp³-hybridized carbons (Fsp3) is 0.571. The lowest BCUT2D eigenvalue weighted by Gasteiger charge is -2.16. The van der Waals surface area contributed by atoms with Gasteiger partial charge in [-0.3, -0.25) is 9.78 Å². The molecule has 1 rings (SSSR count). The van der Waals surface area contributed by atoms with E-state index in [0.717, 1.165) is 32.5 Å². The van der Waals surface area contributed by atoms with Crippen LogP contribution < -0.4 is 10.6 Å². The lowest BCUT2D eigenvalue weighted by atomic mass is 10.2. The number of nitrogens with zero attached hydrogens (tertiary/aromatic N) is 2. The molecule has 5 nitrogen and oxygen atoms in total. The van der Waals surface area contributed by atoms with Gasteiger partial charge in [0, 0.05) is 24.5 Å². The highest BCUT2D eigenvalue weighted by Gasteiger charge is 2.03. The maximum absolute atomic E-state index is 11.7. The Morgan fingerprint density at radius 3 is 2.47 bits per heavy atom. The zero-order valence-corrected chi connectivity index (χ0v) is 11.9. The zero-order chi connectivity index (χ0) is 13.9. The Hall–Kier alpha value is -1.46. The SMILES string of the molecule is CNCCCN(C)CCCNC(=O)c1ccncc1. The maximum atomic E-state index is 11.7. The van der Waals surface area contributed by atoms with E-state index in [4.69, 9.17) is 0 Å². The first-order valence-corrected chi connectivity index (χ1v) is 6.75. The topological polar surface area (TPSA) is 57.3 Å². The Morgan fingerprint density at radius 2 is 1.84 bits per heavy atom. The van der Waals surface area contributed by atoms with Crippen LogP contribution in [0.25, 0.3) is 0 Å². The molecule has 5 heteroatoms. The summed E-state index contributed by atoms with van der Waals surface area (Å²) in [6.45, 7) is 3.83. The number of pyridine rings is 1. The maximum Gasteiger partial charge on any atom is 0.251 e. The van der Waals surface area contributed by atoms with Crippen molar-refractivity contribution in [2.75, 3.05) is 40.3 Å². The quantitative estimate of drug-likeness (QED) is 0.646. The van der Waals surface area contributed by atoms with Crippen LogP contribution in [0.3, 0.4) is 0 Å². The van der Waals surface area contributed by atoms with Gasteiger partial charge in [-0.15, -0.1) is 0 Å². The summed E-state index contributed by atoms with van der Waals surface area (Å²) in [5.74, 6) is -0.0276. The molecule has 0 saturated carbocycles. The minimum absolute atomic E-state index is 0.0276. The summed E-state index contributed by atoms with van der Waals surface area (Å²) in [7, 11) is 4.08. The van der Waals surface area contributed by atoms with Crippen LogP contribution >= 0.6 is 0 Å². The highest BCUT2D eigenvalue weighted by atomic mass is 16.1. The highest BCUT2D eigenvalue weighted by molar-refractivity contribution is 5.93. The van der Waals surface area contributed by atoms with Gasteiger partial charge in [-0.05, 0) is 58.7 Å². The van der Waals surface area contributed by atoms with Gasteiger partial charge in [-0.25, -0.2) is 0 Å². The van der Waals surface area contributed by atoms with Crippen LogP contribution in [0.15, 0.2) is 24.5 Å². The summed E-state index contributed by atoms with van der Waals surface area (Å²) in [5, 5.41) is 6.05. The second-order valence-electron chi connectivity index (χ2n) is 4.61. The van der Waals surface area contributed by atoms with E-state index in [0.29, 0.717) is 12.1 Å². The normalized spacial score (nSPS) is 10.7. The van der Waals surface area contributed by atoms with Crippen molar-refractivity contribution < 1.29 is 4.79 Å². The number of carbonyl (C=O) groups is 1. The molecular weight excluding hydrogens is 240 g/mol. The van der Waals surface area contributed by atoms with Gasteiger partial charge in [-0.1, -0.05) is 0 Å². The lowest BCUT2D eigenvalue weighted by Crippen LogP contribution is -2.29. The molecule has 1 heterocycles. The fourth-order valence-electron chi connectivity index (χ4n) is 1.79. The molecule has 0 fully saturated rings. The van der Waals surface area contributed by atoms with Gasteiger partial charge in [0.1, 0.15) is 0 Å². The number of amides is 1. The van der Waals surface area contributed by atoms with Crippen LogP contribution in [-0.2, 0) is 0 Å². The first kappa shape index (κ1) is 15.6. The molecule has 0 aliphatic heterocycles. The second-order valence-corrected chi connectivity index (χ2v) is 4.61. The van der Waals surface area contributed by atoms with E-state index in [1.165, 1.54) is 0 Å². The number of rotatable bonds is 9. The van der Waals surface area contributed by atoms with Gasteiger partial charge in [0.2, 0.25) is 0 Å². The standard InChI is InChI=1S/C14H24N4O/c1-15-7-3-11-18(2)12-4-8-17-14(19)13-5-9-16-10-6-13/h5-6,9-10,15H,3-4,7-8,11-12H2,1-2H3,(H,17,19). The van der Waals surface area contributed by atoms with Gasteiger partial charge in [0.05, 0.1) is 0 Å². The van der Waals surface area contributed by atoms with Crippen molar-refractivity contribution in [1.29, 1.82) is 0 Å². The largest absolute Gasteiger partial charge is 0.352 e. The Labute approximate surface area is 115 Å². The number of carbonyl (C=O) groups excluding carboxylic acids is 1. The summed E-state index contributed by atoms with van der Waals surface area (Å²) < 4.78 is 0. The first-order valence-electron chi connectivity index (χ1n) is 6.75. The minimum Gasteiger partial charge on any atom is -0.352 e. The van der Waals surface area contributed by atoms with E-state index in [1.807, 2.05) is 7.05 Å². The van der Waals surface area contributed by atoms with E-state index < -0.39 is 0 Å². The van der Waals surface area contributed by atoms with Gasteiger partial charge in [0.25, 0.3) is 5.91 Å². The number of aromatic nitrogens is 1. The van der Waals surface area contributed by atoms with E-state index in [9.17, 15) is 4.79 Å². The molecule has 0 radical (unpaired) electrons. The Kier molecular flexibility index (Phi) is 7.77. The van der Waals surface area contributed by atoms with Gasteiger partial charge in [-0.2, -0.15) is 0 Å². The summed E-state index contributed by atoms with van der Waals surface area (Å²) in [4.78, 5) is 17.9. The minimum atomic E-state index is -0.0276. The summed E-state index contributed by atoms with van der Waals surface area (Å²) in [5.41, 5.74) is 0.664. The number of nitrogens with one attached hydrogen (secondary N) is 2. The molecule has 0 aromatic carbocycles. The van der Waals surface area contributed by atoms with Crippen molar-refractivity contribution in [3.8, 4) is 0 Å². The monoisotopic (exact) mass is 264 g/mol. The molecule has 0 aliphatic carbocycles. The predicted molar refractivity (Wildman–Crippen MR) is 77.2 cm³/mol. The Bertz CT molecular complexity index is 356. The molecule has 1 aromatic rings. The summed E-state index contributed by atoms with van der Waals surface area (Å²) in [6, 6.07) is 3.44. The molecule has 106 valence electrons. The third-order valence-electron chi connectivity index (χ3n) is 2.91. The van der Waals surface area contributed by atoms with Crippen LogP contribution in [0.4, 0.5) is 0 Å². The Morgan fingerprint density at radius 1 is 1.21 bits per heavy atom. The zero-order valence-electron chi connectivity index (χ0n) is 11.9. The van der Waals surface area contributed by atoms with Crippen LogP contribution in [0, 0.1) is 0 Å². The van der Waals surface area contributed by atoms with Crippen LogP contribution in [0.5, 0.6) is 0 Å². The molecule has 0 atom stereocenters. The number of hydrogen-bond acceptors (Lipinski definition) is 4. The molecule has 0 unspecified atom stereocenters. The molecular formula is C14H24N4O. The van der Waals surface area contributed by atoms with Crippen molar-refractivity contribution in [2.45, 2.75) is 12.8 Å². The molecule has 19 heavy (non-hydrogen) atoms. The van der Waals surface area contributed by atoms with Gasteiger partial charge < -0.3 is 15.5 Å². The predicted octanol–water partition coefficient (Wildman–Crippen LogP) is 0.743. The van der Waals surface area contributed by atoms with Crippen LogP contribution in [0.1, 0.15) is 23.2 Å². The van der Waals surface area contributed by atoms with E-state index in [-0.39, 0.29) is 5.91 Å². The first-order chi connectivity index (χ1) is 9.24. The van der Waals surface area contributed by atoms with Crippen molar-refractivity contribution in [1.82, 2.24) is 20.5 Å². The lowest BCUT2D eigenvalue weighted by molar-refractivity contribution is 0.0952. The molecule has 0 aliphatic rings. The highest BCUT2D eigenvalue weighted by Crippen LogP contribution is 1.96.